The molecular weight excluding hydrogens is 400 g/mol. The van der Waals surface area contributed by atoms with Crippen LogP contribution in [0, 0.1) is 5.92 Å². The molecule has 0 saturated carbocycles. The van der Waals surface area contributed by atoms with Gasteiger partial charge in [-0.3, -0.25) is 0 Å². The number of hydrogen-bond donors (Lipinski definition) is 1. The van der Waals surface area contributed by atoms with Crippen LogP contribution in [0.4, 0.5) is 0 Å². The highest BCUT2D eigenvalue weighted by Crippen LogP contribution is 2.49. The van der Waals surface area contributed by atoms with Crippen LogP contribution in [-0.4, -0.2) is 37.1 Å². The standard InChI is InChI=1S/C23H25BrN2O/c1-26-9-8-23(15-4-3-5-18(10-15)27-2)13-22-20(11-16(23)14-26)19-7-6-17(24)12-21(19)25-22/h3-7,10,12,16,25H,8-9,11,13-14H2,1-2H3. The molecule has 1 fully saturated rings. The molecular formula is C23H25BrN2O. The first-order valence-corrected chi connectivity index (χ1v) is 10.5. The van der Waals surface area contributed by atoms with E-state index in [1.807, 2.05) is 0 Å². The van der Waals surface area contributed by atoms with Crippen LogP contribution in [0.3, 0.4) is 0 Å². The summed E-state index contributed by atoms with van der Waals surface area (Å²) in [6.45, 7) is 2.30. The highest BCUT2D eigenvalue weighted by Gasteiger charge is 2.47. The summed E-state index contributed by atoms with van der Waals surface area (Å²) in [6, 6.07) is 15.4. The third-order valence-corrected chi connectivity index (χ3v) is 7.29. The van der Waals surface area contributed by atoms with Crippen molar-refractivity contribution in [3.63, 3.8) is 0 Å². The van der Waals surface area contributed by atoms with E-state index in [1.165, 1.54) is 34.1 Å². The van der Waals surface area contributed by atoms with Crippen LogP contribution < -0.4 is 4.74 Å². The fourth-order valence-electron chi connectivity index (χ4n) is 5.37. The van der Waals surface area contributed by atoms with E-state index < -0.39 is 0 Å². The Morgan fingerprint density at radius 1 is 1.22 bits per heavy atom. The van der Waals surface area contributed by atoms with Gasteiger partial charge in [0.15, 0.2) is 0 Å². The lowest BCUT2D eigenvalue weighted by Gasteiger charge is -2.50. The highest BCUT2D eigenvalue weighted by molar-refractivity contribution is 9.10. The molecule has 0 radical (unpaired) electrons. The van der Waals surface area contributed by atoms with Crippen molar-refractivity contribution in [3.8, 4) is 5.75 Å². The Balaban J connectivity index is 1.66. The number of piperidine rings is 1. The van der Waals surface area contributed by atoms with Crippen LogP contribution >= 0.6 is 15.9 Å². The van der Waals surface area contributed by atoms with E-state index >= 15 is 0 Å². The number of H-pyrrole nitrogens is 1. The molecule has 0 spiro atoms. The molecule has 2 heterocycles. The molecule has 3 aromatic rings. The molecule has 0 amide bonds. The molecule has 140 valence electrons. The van der Waals surface area contributed by atoms with Crippen LogP contribution in [0.15, 0.2) is 46.9 Å². The van der Waals surface area contributed by atoms with Crippen LogP contribution in [0.25, 0.3) is 10.9 Å². The van der Waals surface area contributed by atoms with Crippen molar-refractivity contribution in [2.75, 3.05) is 27.2 Å². The molecule has 1 N–H and O–H groups in total. The van der Waals surface area contributed by atoms with Gasteiger partial charge in [-0.15, -0.1) is 0 Å². The zero-order chi connectivity index (χ0) is 18.6. The molecule has 4 heteroatoms. The third kappa shape index (κ3) is 2.73. The summed E-state index contributed by atoms with van der Waals surface area (Å²) in [7, 11) is 4.02. The zero-order valence-corrected chi connectivity index (χ0v) is 17.5. The van der Waals surface area contributed by atoms with E-state index in [4.69, 9.17) is 4.74 Å². The lowest BCUT2D eigenvalue weighted by Crippen LogP contribution is -2.52. The van der Waals surface area contributed by atoms with Gasteiger partial charge in [0.25, 0.3) is 0 Å². The van der Waals surface area contributed by atoms with Gasteiger partial charge in [-0.05, 0) is 74.2 Å². The van der Waals surface area contributed by atoms with E-state index in [2.05, 4.69) is 75.3 Å². The number of aromatic nitrogens is 1. The van der Waals surface area contributed by atoms with Gasteiger partial charge in [0.2, 0.25) is 0 Å². The first kappa shape index (κ1) is 17.3. The molecule has 2 atom stereocenters. The molecule has 0 bridgehead atoms. The SMILES string of the molecule is COc1cccc(C23CCN(C)CC2Cc2c([nH]c4cc(Br)ccc24)C3)c1. The maximum Gasteiger partial charge on any atom is 0.119 e. The number of rotatable bonds is 2. The van der Waals surface area contributed by atoms with Crippen molar-refractivity contribution in [1.82, 2.24) is 9.88 Å². The minimum atomic E-state index is 0.187. The number of hydrogen-bond acceptors (Lipinski definition) is 2. The van der Waals surface area contributed by atoms with E-state index in [0.717, 1.165) is 36.2 Å². The van der Waals surface area contributed by atoms with Crippen molar-refractivity contribution in [2.24, 2.45) is 5.92 Å². The summed E-state index contributed by atoms with van der Waals surface area (Å²) in [6.07, 6.45) is 3.42. The number of nitrogens with zero attached hydrogens (tertiary/aromatic N) is 1. The van der Waals surface area contributed by atoms with E-state index in [1.54, 1.807) is 7.11 Å². The molecule has 3 nitrogen and oxygen atoms in total. The number of fused-ring (bicyclic) bond motifs is 4. The Morgan fingerprint density at radius 2 is 2.11 bits per heavy atom. The highest BCUT2D eigenvalue weighted by atomic mass is 79.9. The second-order valence-electron chi connectivity index (χ2n) is 8.25. The summed E-state index contributed by atoms with van der Waals surface area (Å²) in [5, 5.41) is 1.39. The molecule has 2 aliphatic rings. The Bertz CT molecular complexity index is 1010. The Labute approximate surface area is 168 Å². The van der Waals surface area contributed by atoms with Gasteiger partial charge in [-0.2, -0.15) is 0 Å². The number of methoxy groups -OCH3 is 1. The number of aromatic amines is 1. The van der Waals surface area contributed by atoms with E-state index in [9.17, 15) is 0 Å². The smallest absolute Gasteiger partial charge is 0.119 e. The number of likely N-dealkylation sites (tertiary alicyclic amines) is 1. The van der Waals surface area contributed by atoms with Gasteiger partial charge in [0, 0.05) is 33.0 Å². The first-order chi connectivity index (χ1) is 13.1. The quantitative estimate of drug-likeness (QED) is 0.631. The summed E-state index contributed by atoms with van der Waals surface area (Å²) in [5.41, 5.74) is 5.82. The van der Waals surface area contributed by atoms with Gasteiger partial charge in [-0.25, -0.2) is 0 Å². The molecule has 1 aromatic heterocycles. The summed E-state index contributed by atoms with van der Waals surface area (Å²) >= 11 is 3.62. The van der Waals surface area contributed by atoms with Crippen LogP contribution in [0.5, 0.6) is 5.75 Å². The molecule has 2 unspecified atom stereocenters. The minimum absolute atomic E-state index is 0.187. The number of benzene rings is 2. The molecule has 2 aromatic carbocycles. The van der Waals surface area contributed by atoms with Crippen LogP contribution in [0.2, 0.25) is 0 Å². The molecule has 1 aliphatic carbocycles. The number of halogens is 1. The van der Waals surface area contributed by atoms with E-state index in [-0.39, 0.29) is 5.41 Å². The van der Waals surface area contributed by atoms with Gasteiger partial charge in [0.05, 0.1) is 7.11 Å². The van der Waals surface area contributed by atoms with Crippen molar-refractivity contribution < 1.29 is 4.74 Å². The lowest BCUT2D eigenvalue weighted by molar-refractivity contribution is 0.0994. The van der Waals surface area contributed by atoms with Crippen LogP contribution in [0.1, 0.15) is 23.2 Å². The zero-order valence-electron chi connectivity index (χ0n) is 15.9. The predicted octanol–water partition coefficient (Wildman–Crippen LogP) is 4.93. The molecule has 1 saturated heterocycles. The third-order valence-electron chi connectivity index (χ3n) is 6.80. The lowest BCUT2D eigenvalue weighted by atomic mass is 9.59. The van der Waals surface area contributed by atoms with Gasteiger partial charge in [0.1, 0.15) is 5.75 Å². The predicted molar refractivity (Wildman–Crippen MR) is 114 cm³/mol. The number of nitrogens with one attached hydrogen (secondary N) is 1. The van der Waals surface area contributed by atoms with Gasteiger partial charge < -0.3 is 14.6 Å². The fraction of sp³-hybridized carbons (Fsp3) is 0.391. The largest absolute Gasteiger partial charge is 0.497 e. The van der Waals surface area contributed by atoms with Crippen molar-refractivity contribution in [3.05, 3.63) is 63.8 Å². The van der Waals surface area contributed by atoms with Crippen molar-refractivity contribution in [1.29, 1.82) is 0 Å². The Hall–Kier alpha value is -1.78. The van der Waals surface area contributed by atoms with E-state index in [0.29, 0.717) is 5.92 Å². The Kier molecular flexibility index (Phi) is 4.10. The van der Waals surface area contributed by atoms with Crippen molar-refractivity contribution >= 4 is 26.8 Å². The molecule has 27 heavy (non-hydrogen) atoms. The maximum atomic E-state index is 5.55. The monoisotopic (exact) mass is 424 g/mol. The maximum absolute atomic E-state index is 5.55. The summed E-state index contributed by atoms with van der Waals surface area (Å²) in [4.78, 5) is 6.25. The molecule has 5 rings (SSSR count). The first-order valence-electron chi connectivity index (χ1n) is 9.71. The van der Waals surface area contributed by atoms with Gasteiger partial charge in [-0.1, -0.05) is 34.1 Å². The second-order valence-corrected chi connectivity index (χ2v) is 9.17. The summed E-state index contributed by atoms with van der Waals surface area (Å²) in [5.74, 6) is 1.59. The molecule has 1 aliphatic heterocycles. The number of ether oxygens (including phenoxy) is 1. The second kappa shape index (κ2) is 6.39. The van der Waals surface area contributed by atoms with Crippen molar-refractivity contribution in [2.45, 2.75) is 24.7 Å². The van der Waals surface area contributed by atoms with Gasteiger partial charge >= 0.3 is 0 Å². The fourth-order valence-corrected chi connectivity index (χ4v) is 5.73. The topological polar surface area (TPSA) is 28.3 Å². The summed E-state index contributed by atoms with van der Waals surface area (Å²) < 4.78 is 6.68. The Morgan fingerprint density at radius 3 is 2.96 bits per heavy atom. The normalized spacial score (nSPS) is 25.2. The average molecular weight is 425 g/mol. The van der Waals surface area contributed by atoms with Crippen LogP contribution in [-0.2, 0) is 18.3 Å². The minimum Gasteiger partial charge on any atom is -0.497 e. The average Bonchev–Trinajstić information content (AvgIpc) is 3.02.